The second kappa shape index (κ2) is 8.53. The Hall–Kier alpha value is -3.39. The van der Waals surface area contributed by atoms with E-state index in [1.807, 2.05) is 0 Å². The van der Waals surface area contributed by atoms with E-state index in [4.69, 9.17) is 20.8 Å². The number of carbonyl (C=O) groups is 2. The normalized spacial score (nSPS) is 10.4. The van der Waals surface area contributed by atoms with Gasteiger partial charge in [-0.1, -0.05) is 11.6 Å². The summed E-state index contributed by atoms with van der Waals surface area (Å²) >= 11 is 5.96. The zero-order valence-corrected chi connectivity index (χ0v) is 15.9. The number of benzene rings is 2. The first-order valence-corrected chi connectivity index (χ1v) is 8.61. The van der Waals surface area contributed by atoms with Crippen molar-refractivity contribution in [3.63, 3.8) is 0 Å². The van der Waals surface area contributed by atoms with Gasteiger partial charge in [0, 0.05) is 23.2 Å². The van der Waals surface area contributed by atoms with Crippen molar-refractivity contribution in [1.82, 2.24) is 15.1 Å². The standard InChI is InChI=1S/C19H17ClN4O4/c1-24(10-17(25)22-15-9-14(20)7-8-16(15)27-2)19(26)13-5-3-12(4-6-13)18-23-21-11-28-18/h3-9,11H,10H2,1-2H3,(H,22,25). The molecule has 0 atom stereocenters. The maximum atomic E-state index is 12.6. The molecule has 0 aliphatic heterocycles. The van der Waals surface area contributed by atoms with Crippen molar-refractivity contribution in [3.05, 3.63) is 59.4 Å². The van der Waals surface area contributed by atoms with E-state index in [-0.39, 0.29) is 18.4 Å². The van der Waals surface area contributed by atoms with E-state index >= 15 is 0 Å². The Balaban J connectivity index is 1.64. The molecule has 1 heterocycles. The molecule has 3 aromatic rings. The summed E-state index contributed by atoms with van der Waals surface area (Å²) in [7, 11) is 3.04. The van der Waals surface area contributed by atoms with Gasteiger partial charge in [0.15, 0.2) is 0 Å². The maximum Gasteiger partial charge on any atom is 0.254 e. The van der Waals surface area contributed by atoms with Gasteiger partial charge in [0.2, 0.25) is 18.2 Å². The first-order valence-electron chi connectivity index (χ1n) is 8.23. The first kappa shape index (κ1) is 19.4. The minimum absolute atomic E-state index is 0.139. The Kier molecular flexibility index (Phi) is 5.90. The van der Waals surface area contributed by atoms with Crippen LogP contribution in [0.2, 0.25) is 5.02 Å². The summed E-state index contributed by atoms with van der Waals surface area (Å²) in [6.45, 7) is -0.139. The third-order valence-corrected chi connectivity index (χ3v) is 4.14. The molecule has 0 spiro atoms. The highest BCUT2D eigenvalue weighted by atomic mass is 35.5. The van der Waals surface area contributed by atoms with Gasteiger partial charge in [0.05, 0.1) is 19.3 Å². The molecule has 2 aromatic carbocycles. The third-order valence-electron chi connectivity index (χ3n) is 3.90. The zero-order chi connectivity index (χ0) is 20.1. The van der Waals surface area contributed by atoms with Gasteiger partial charge < -0.3 is 19.4 Å². The Bertz CT molecular complexity index is 974. The van der Waals surface area contributed by atoms with E-state index in [1.54, 1.807) is 49.5 Å². The molecule has 28 heavy (non-hydrogen) atoms. The van der Waals surface area contributed by atoms with Gasteiger partial charge in [-0.05, 0) is 42.5 Å². The minimum atomic E-state index is -0.376. The highest BCUT2D eigenvalue weighted by molar-refractivity contribution is 6.31. The van der Waals surface area contributed by atoms with Crippen LogP contribution in [0.3, 0.4) is 0 Å². The highest BCUT2D eigenvalue weighted by Gasteiger charge is 2.17. The topological polar surface area (TPSA) is 97.6 Å². The smallest absolute Gasteiger partial charge is 0.254 e. The number of carbonyl (C=O) groups excluding carboxylic acids is 2. The van der Waals surface area contributed by atoms with Crippen LogP contribution in [-0.4, -0.2) is 47.6 Å². The molecule has 9 heteroatoms. The van der Waals surface area contributed by atoms with Gasteiger partial charge in [-0.2, -0.15) is 0 Å². The van der Waals surface area contributed by atoms with Crippen molar-refractivity contribution in [2.75, 3.05) is 26.0 Å². The molecule has 0 aliphatic carbocycles. The zero-order valence-electron chi connectivity index (χ0n) is 15.2. The molecule has 0 fully saturated rings. The van der Waals surface area contributed by atoms with Gasteiger partial charge >= 0.3 is 0 Å². The molecule has 3 rings (SSSR count). The summed E-state index contributed by atoms with van der Waals surface area (Å²) in [5.74, 6) is 0.162. The summed E-state index contributed by atoms with van der Waals surface area (Å²) in [5, 5.41) is 10.6. The third kappa shape index (κ3) is 4.47. The van der Waals surface area contributed by atoms with E-state index in [9.17, 15) is 9.59 Å². The molecule has 0 saturated heterocycles. The summed E-state index contributed by atoms with van der Waals surface area (Å²) in [4.78, 5) is 26.2. The average Bonchev–Trinajstić information content (AvgIpc) is 3.22. The van der Waals surface area contributed by atoms with Crippen molar-refractivity contribution in [1.29, 1.82) is 0 Å². The number of hydrogen-bond donors (Lipinski definition) is 1. The van der Waals surface area contributed by atoms with Crippen LogP contribution in [0.4, 0.5) is 5.69 Å². The number of ether oxygens (including phenoxy) is 1. The van der Waals surface area contributed by atoms with Crippen LogP contribution in [0.25, 0.3) is 11.5 Å². The first-order chi connectivity index (χ1) is 13.5. The SMILES string of the molecule is COc1ccc(Cl)cc1NC(=O)CN(C)C(=O)c1ccc(-c2nnco2)cc1. The van der Waals surface area contributed by atoms with Crippen molar-refractivity contribution in [2.45, 2.75) is 0 Å². The summed E-state index contributed by atoms with van der Waals surface area (Å²) < 4.78 is 10.3. The minimum Gasteiger partial charge on any atom is -0.495 e. The number of aromatic nitrogens is 2. The molecule has 1 N–H and O–H groups in total. The van der Waals surface area contributed by atoms with E-state index in [1.165, 1.54) is 18.4 Å². The number of rotatable bonds is 6. The van der Waals surface area contributed by atoms with E-state index in [0.29, 0.717) is 33.5 Å². The van der Waals surface area contributed by atoms with Gasteiger partial charge in [-0.25, -0.2) is 0 Å². The highest BCUT2D eigenvalue weighted by Crippen LogP contribution is 2.27. The number of likely N-dealkylation sites (N-methyl/N-ethyl adjacent to an activating group) is 1. The lowest BCUT2D eigenvalue weighted by molar-refractivity contribution is -0.116. The molecule has 1 aromatic heterocycles. The van der Waals surface area contributed by atoms with Gasteiger partial charge in [0.25, 0.3) is 5.91 Å². The predicted octanol–water partition coefficient (Wildman–Crippen LogP) is 3.11. The molecular formula is C19H17ClN4O4. The lowest BCUT2D eigenvalue weighted by Gasteiger charge is -2.18. The number of halogens is 1. The van der Waals surface area contributed by atoms with Crippen molar-refractivity contribution >= 4 is 29.1 Å². The monoisotopic (exact) mass is 400 g/mol. The molecule has 0 aliphatic rings. The lowest BCUT2D eigenvalue weighted by Crippen LogP contribution is -2.35. The van der Waals surface area contributed by atoms with Gasteiger partial charge in [0.1, 0.15) is 5.75 Å². The van der Waals surface area contributed by atoms with E-state index < -0.39 is 0 Å². The summed E-state index contributed by atoms with van der Waals surface area (Å²) in [6.07, 6.45) is 1.23. The van der Waals surface area contributed by atoms with E-state index in [2.05, 4.69) is 15.5 Å². The van der Waals surface area contributed by atoms with Crippen molar-refractivity contribution in [3.8, 4) is 17.2 Å². The van der Waals surface area contributed by atoms with E-state index in [0.717, 1.165) is 0 Å². The number of nitrogens with one attached hydrogen (secondary N) is 1. The quantitative estimate of drug-likeness (QED) is 0.682. The fraction of sp³-hybridized carbons (Fsp3) is 0.158. The molecule has 0 bridgehead atoms. The van der Waals surface area contributed by atoms with Gasteiger partial charge in [-0.15, -0.1) is 10.2 Å². The van der Waals surface area contributed by atoms with Gasteiger partial charge in [-0.3, -0.25) is 9.59 Å². The Morgan fingerprint density at radius 1 is 1.21 bits per heavy atom. The molecule has 8 nitrogen and oxygen atoms in total. The summed E-state index contributed by atoms with van der Waals surface area (Å²) in [6, 6.07) is 11.6. The predicted molar refractivity (Wildman–Crippen MR) is 103 cm³/mol. The fourth-order valence-electron chi connectivity index (χ4n) is 2.53. The van der Waals surface area contributed by atoms with Crippen LogP contribution in [0.1, 0.15) is 10.4 Å². The largest absolute Gasteiger partial charge is 0.495 e. The number of amides is 2. The van der Waals surface area contributed by atoms with Crippen LogP contribution in [0.5, 0.6) is 5.75 Å². The molecule has 0 unspecified atom stereocenters. The van der Waals surface area contributed by atoms with Crippen LogP contribution < -0.4 is 10.1 Å². The fourth-order valence-corrected chi connectivity index (χ4v) is 2.70. The maximum absolute atomic E-state index is 12.6. The Morgan fingerprint density at radius 2 is 1.96 bits per heavy atom. The number of anilines is 1. The van der Waals surface area contributed by atoms with Crippen LogP contribution in [0, 0.1) is 0 Å². The lowest BCUT2D eigenvalue weighted by atomic mass is 10.1. The Labute approximate surface area is 166 Å². The van der Waals surface area contributed by atoms with Crippen LogP contribution in [0.15, 0.2) is 53.3 Å². The van der Waals surface area contributed by atoms with Crippen molar-refractivity contribution < 1.29 is 18.7 Å². The van der Waals surface area contributed by atoms with Crippen LogP contribution >= 0.6 is 11.6 Å². The summed E-state index contributed by atoms with van der Waals surface area (Å²) in [5.41, 5.74) is 1.56. The molecule has 144 valence electrons. The molecule has 2 amide bonds. The number of methoxy groups -OCH3 is 1. The average molecular weight is 401 g/mol. The second-order valence-corrected chi connectivity index (χ2v) is 6.31. The molecule has 0 radical (unpaired) electrons. The number of hydrogen-bond acceptors (Lipinski definition) is 6. The number of nitrogens with zero attached hydrogens (tertiary/aromatic N) is 3. The van der Waals surface area contributed by atoms with Crippen molar-refractivity contribution in [2.24, 2.45) is 0 Å². The Morgan fingerprint density at radius 3 is 2.61 bits per heavy atom. The second-order valence-electron chi connectivity index (χ2n) is 5.88. The van der Waals surface area contributed by atoms with Crippen LogP contribution in [-0.2, 0) is 4.79 Å². The molecular weight excluding hydrogens is 384 g/mol. The molecule has 0 saturated carbocycles.